The molecule has 2 aliphatic rings. The van der Waals surface area contributed by atoms with Gasteiger partial charge >= 0.3 is 0 Å². The Labute approximate surface area is 134 Å². The molecule has 7 heteroatoms. The van der Waals surface area contributed by atoms with E-state index in [1.807, 2.05) is 13.8 Å². The third-order valence-corrected chi connectivity index (χ3v) is 5.65. The van der Waals surface area contributed by atoms with Crippen molar-refractivity contribution < 1.29 is 9.59 Å². The molecule has 2 N–H and O–H groups in total. The van der Waals surface area contributed by atoms with Crippen molar-refractivity contribution in [2.45, 2.75) is 45.7 Å². The number of aromatic nitrogens is 2. The topological polar surface area (TPSA) is 78.1 Å². The summed E-state index contributed by atoms with van der Waals surface area (Å²) in [5, 5.41) is 10.0. The van der Waals surface area contributed by atoms with Crippen LogP contribution in [0.25, 0.3) is 0 Å². The van der Waals surface area contributed by atoms with Gasteiger partial charge in [-0.05, 0) is 26.7 Å². The lowest BCUT2D eigenvalue weighted by atomic mass is 9.84. The maximum absolute atomic E-state index is 12.5. The maximum Gasteiger partial charge on any atom is 0.243 e. The Morgan fingerprint density at radius 1 is 1.41 bits per heavy atom. The number of carbonyl (C=O) groups is 2. The van der Waals surface area contributed by atoms with Gasteiger partial charge in [0, 0.05) is 29.5 Å². The molecule has 1 atom stereocenters. The zero-order valence-electron chi connectivity index (χ0n) is 13.0. The van der Waals surface area contributed by atoms with Crippen LogP contribution in [0.4, 0.5) is 0 Å². The zero-order valence-corrected chi connectivity index (χ0v) is 13.8. The highest BCUT2D eigenvalue weighted by Gasteiger charge is 2.39. The summed E-state index contributed by atoms with van der Waals surface area (Å²) in [6, 6.07) is -0.328. The van der Waals surface area contributed by atoms with Crippen LogP contribution in [0.3, 0.4) is 0 Å². The summed E-state index contributed by atoms with van der Waals surface area (Å²) in [4.78, 5) is 26.6. The minimum absolute atomic E-state index is 0.0577. The highest BCUT2D eigenvalue weighted by Crippen LogP contribution is 2.32. The van der Waals surface area contributed by atoms with Crippen LogP contribution < -0.4 is 5.32 Å². The summed E-state index contributed by atoms with van der Waals surface area (Å²) >= 11 is 1.65. The molecule has 0 bridgehead atoms. The molecule has 1 aromatic rings. The molecule has 1 aromatic heterocycles. The molecule has 2 amide bonds. The van der Waals surface area contributed by atoms with E-state index in [9.17, 15) is 9.59 Å². The molecule has 0 aromatic carbocycles. The number of hydrogen-bond donors (Lipinski definition) is 2. The number of H-pyrrole nitrogens is 1. The molecule has 120 valence electrons. The van der Waals surface area contributed by atoms with Crippen LogP contribution in [0.2, 0.25) is 0 Å². The van der Waals surface area contributed by atoms with Gasteiger partial charge in [-0.2, -0.15) is 5.10 Å². The van der Waals surface area contributed by atoms with Crippen molar-refractivity contribution >= 4 is 23.6 Å². The highest BCUT2D eigenvalue weighted by molar-refractivity contribution is 7.99. The minimum Gasteiger partial charge on any atom is -0.350 e. The Bertz CT molecular complexity index is 563. The number of amides is 2. The molecular formula is C15H22N4O2S. The van der Waals surface area contributed by atoms with Crippen molar-refractivity contribution in [3.8, 4) is 0 Å². The molecule has 6 nitrogen and oxygen atoms in total. The van der Waals surface area contributed by atoms with Gasteiger partial charge in [-0.3, -0.25) is 14.7 Å². The standard InChI is InChI=1S/C15H22N4O2S/c1-9-12(10(2)18-17-9)6-16-14(20)13-7-22-8-19(13)15(21)11-4-3-5-11/h11,13H,3-8H2,1-2H3,(H,16,20)(H,17,18)/t13-/m0/s1. The first-order valence-electron chi connectivity index (χ1n) is 7.74. The Morgan fingerprint density at radius 3 is 2.77 bits per heavy atom. The summed E-state index contributed by atoms with van der Waals surface area (Å²) in [7, 11) is 0. The van der Waals surface area contributed by atoms with Crippen molar-refractivity contribution in [2.24, 2.45) is 5.92 Å². The first-order valence-corrected chi connectivity index (χ1v) is 8.89. The first kappa shape index (κ1) is 15.4. The smallest absolute Gasteiger partial charge is 0.243 e. The van der Waals surface area contributed by atoms with Crippen molar-refractivity contribution in [2.75, 3.05) is 11.6 Å². The van der Waals surface area contributed by atoms with E-state index in [1.54, 1.807) is 16.7 Å². The molecule has 1 aliphatic heterocycles. The lowest BCUT2D eigenvalue weighted by Crippen LogP contribution is -2.49. The van der Waals surface area contributed by atoms with E-state index in [-0.39, 0.29) is 23.8 Å². The van der Waals surface area contributed by atoms with Crippen LogP contribution in [-0.4, -0.2) is 44.6 Å². The van der Waals surface area contributed by atoms with Gasteiger partial charge in [-0.15, -0.1) is 11.8 Å². The van der Waals surface area contributed by atoms with Crippen molar-refractivity contribution in [3.63, 3.8) is 0 Å². The van der Waals surface area contributed by atoms with E-state index in [0.29, 0.717) is 18.2 Å². The van der Waals surface area contributed by atoms with E-state index < -0.39 is 0 Å². The van der Waals surface area contributed by atoms with Crippen LogP contribution in [0, 0.1) is 19.8 Å². The number of hydrogen-bond acceptors (Lipinski definition) is 4. The molecule has 2 heterocycles. The van der Waals surface area contributed by atoms with E-state index in [1.165, 1.54) is 0 Å². The van der Waals surface area contributed by atoms with Crippen LogP contribution in [0.5, 0.6) is 0 Å². The first-order chi connectivity index (χ1) is 10.6. The average molecular weight is 322 g/mol. The summed E-state index contributed by atoms with van der Waals surface area (Å²) in [5.74, 6) is 1.57. The SMILES string of the molecule is Cc1n[nH]c(C)c1CNC(=O)[C@@H]1CSCN1C(=O)C1CCC1. The van der Waals surface area contributed by atoms with Gasteiger partial charge in [0.2, 0.25) is 11.8 Å². The number of carbonyl (C=O) groups excluding carboxylic acids is 2. The summed E-state index contributed by atoms with van der Waals surface area (Å²) in [6.45, 7) is 4.32. The number of thioether (sulfide) groups is 1. The molecule has 0 unspecified atom stereocenters. The lowest BCUT2D eigenvalue weighted by Gasteiger charge is -2.31. The summed E-state index contributed by atoms with van der Waals surface area (Å²) < 4.78 is 0. The molecule has 1 saturated heterocycles. The third kappa shape index (κ3) is 2.86. The predicted molar refractivity (Wildman–Crippen MR) is 85.2 cm³/mol. The quantitative estimate of drug-likeness (QED) is 0.877. The second-order valence-corrected chi connectivity index (χ2v) is 7.08. The van der Waals surface area contributed by atoms with Crippen LogP contribution in [0.1, 0.15) is 36.2 Å². The highest BCUT2D eigenvalue weighted by atomic mass is 32.2. The van der Waals surface area contributed by atoms with Crippen molar-refractivity contribution in [1.82, 2.24) is 20.4 Å². The maximum atomic E-state index is 12.5. The van der Waals surface area contributed by atoms with E-state index in [2.05, 4.69) is 15.5 Å². The van der Waals surface area contributed by atoms with Gasteiger partial charge in [0.05, 0.1) is 11.6 Å². The van der Waals surface area contributed by atoms with Crippen molar-refractivity contribution in [1.29, 1.82) is 0 Å². The molecular weight excluding hydrogens is 300 g/mol. The van der Waals surface area contributed by atoms with Gasteiger partial charge < -0.3 is 10.2 Å². The van der Waals surface area contributed by atoms with Crippen LogP contribution in [0.15, 0.2) is 0 Å². The Balaban J connectivity index is 1.60. The van der Waals surface area contributed by atoms with Crippen molar-refractivity contribution in [3.05, 3.63) is 17.0 Å². The van der Waals surface area contributed by atoms with Crippen LogP contribution in [-0.2, 0) is 16.1 Å². The monoisotopic (exact) mass is 322 g/mol. The van der Waals surface area contributed by atoms with E-state index in [4.69, 9.17) is 0 Å². The van der Waals surface area contributed by atoms with Crippen LogP contribution >= 0.6 is 11.8 Å². The van der Waals surface area contributed by atoms with E-state index in [0.717, 1.165) is 36.2 Å². The predicted octanol–water partition coefficient (Wildman–Crippen LogP) is 1.34. The zero-order chi connectivity index (χ0) is 15.7. The number of nitrogens with zero attached hydrogens (tertiary/aromatic N) is 2. The number of nitrogens with one attached hydrogen (secondary N) is 2. The molecule has 3 rings (SSSR count). The molecule has 0 radical (unpaired) electrons. The normalized spacial score (nSPS) is 21.7. The second kappa shape index (κ2) is 6.32. The fourth-order valence-corrected chi connectivity index (χ4v) is 4.06. The van der Waals surface area contributed by atoms with Gasteiger partial charge in [0.25, 0.3) is 0 Å². The minimum atomic E-state index is -0.328. The average Bonchev–Trinajstić information content (AvgIpc) is 3.02. The molecule has 1 aliphatic carbocycles. The van der Waals surface area contributed by atoms with Gasteiger partial charge in [0.15, 0.2) is 0 Å². The summed E-state index contributed by atoms with van der Waals surface area (Å²) in [5.41, 5.74) is 2.90. The lowest BCUT2D eigenvalue weighted by molar-refractivity contribution is -0.143. The molecule has 1 saturated carbocycles. The number of rotatable bonds is 4. The molecule has 22 heavy (non-hydrogen) atoms. The van der Waals surface area contributed by atoms with Gasteiger partial charge in [0.1, 0.15) is 6.04 Å². The number of aromatic amines is 1. The number of aryl methyl sites for hydroxylation is 2. The van der Waals surface area contributed by atoms with Gasteiger partial charge in [-0.1, -0.05) is 6.42 Å². The summed E-state index contributed by atoms with van der Waals surface area (Å²) in [6.07, 6.45) is 3.08. The Kier molecular flexibility index (Phi) is 4.42. The largest absolute Gasteiger partial charge is 0.350 e. The Morgan fingerprint density at radius 2 is 2.18 bits per heavy atom. The second-order valence-electron chi connectivity index (χ2n) is 6.08. The van der Waals surface area contributed by atoms with Gasteiger partial charge in [-0.25, -0.2) is 0 Å². The fourth-order valence-electron chi connectivity index (χ4n) is 2.89. The fraction of sp³-hybridized carbons (Fsp3) is 0.667. The Hall–Kier alpha value is -1.50. The van der Waals surface area contributed by atoms with E-state index >= 15 is 0 Å². The molecule has 2 fully saturated rings. The molecule has 0 spiro atoms. The third-order valence-electron chi connectivity index (χ3n) is 4.64.